The normalized spacial score (nSPS) is 10.4. The molecule has 0 fully saturated rings. The van der Waals surface area contributed by atoms with E-state index in [1.807, 2.05) is 43.3 Å². The second-order valence-electron chi connectivity index (χ2n) is 6.21. The van der Waals surface area contributed by atoms with Crippen LogP contribution >= 0.6 is 15.9 Å². The maximum Gasteiger partial charge on any atom is 0.317 e. The molecule has 8 heteroatoms. The third kappa shape index (κ3) is 5.99. The highest BCUT2D eigenvalue weighted by molar-refractivity contribution is 9.10. The molecule has 0 saturated heterocycles. The molecule has 0 spiro atoms. The van der Waals surface area contributed by atoms with Gasteiger partial charge >= 0.3 is 6.03 Å². The van der Waals surface area contributed by atoms with Crippen LogP contribution in [0, 0.1) is 0 Å². The molecule has 152 valence electrons. The molecular weight excluding hydrogens is 438 g/mol. The van der Waals surface area contributed by atoms with Crippen molar-refractivity contribution in [3.63, 3.8) is 0 Å². The summed E-state index contributed by atoms with van der Waals surface area (Å²) in [7, 11) is 1.71. The van der Waals surface area contributed by atoms with E-state index in [0.29, 0.717) is 47.5 Å². The molecule has 0 aliphatic heterocycles. The third-order valence-electron chi connectivity index (χ3n) is 3.97. The number of hydrogen-bond donors (Lipinski definition) is 1. The van der Waals surface area contributed by atoms with Gasteiger partial charge in [-0.3, -0.25) is 0 Å². The third-order valence-corrected chi connectivity index (χ3v) is 4.40. The Balaban J connectivity index is 1.52. The lowest BCUT2D eigenvalue weighted by atomic mass is 10.3. The Hall–Kier alpha value is -3.00. The fraction of sp³-hybridized carbons (Fsp3) is 0.238. The maximum absolute atomic E-state index is 12.2. The van der Waals surface area contributed by atoms with Crippen LogP contribution in [0.4, 0.5) is 4.79 Å². The van der Waals surface area contributed by atoms with E-state index in [2.05, 4.69) is 26.2 Å². The monoisotopic (exact) mass is 459 g/mol. The number of pyridine rings is 1. The Labute approximate surface area is 177 Å². The minimum Gasteiger partial charge on any atom is -0.490 e. The molecule has 3 rings (SSSR count). The van der Waals surface area contributed by atoms with Crippen molar-refractivity contribution in [2.45, 2.75) is 20.0 Å². The van der Waals surface area contributed by atoms with Crippen molar-refractivity contribution in [3.8, 4) is 17.4 Å². The first kappa shape index (κ1) is 20.7. The van der Waals surface area contributed by atoms with Crippen LogP contribution in [0.5, 0.6) is 17.4 Å². The zero-order valence-electron chi connectivity index (χ0n) is 16.2. The van der Waals surface area contributed by atoms with Gasteiger partial charge in [-0.15, -0.1) is 0 Å². The highest BCUT2D eigenvalue weighted by Crippen LogP contribution is 2.30. The Morgan fingerprint density at radius 1 is 1.17 bits per heavy atom. The van der Waals surface area contributed by atoms with Crippen LogP contribution < -0.4 is 14.8 Å². The van der Waals surface area contributed by atoms with Crippen LogP contribution in [-0.2, 0) is 13.1 Å². The summed E-state index contributed by atoms with van der Waals surface area (Å²) >= 11 is 3.25. The number of urea groups is 1. The highest BCUT2D eigenvalue weighted by atomic mass is 79.9. The predicted molar refractivity (Wildman–Crippen MR) is 112 cm³/mol. The SMILES string of the molecule is CCOc1ccccc1Oc1ccc(CNC(=O)N(C)Cc2ccc(Br)o2)cn1. The van der Waals surface area contributed by atoms with E-state index in [9.17, 15) is 4.79 Å². The standard InChI is InChI=1S/C21H22BrN3O4/c1-3-27-17-6-4-5-7-18(17)29-20-11-8-15(12-23-20)13-24-21(26)25(2)14-16-9-10-19(22)28-16/h4-12H,3,13-14H2,1-2H3,(H,24,26). The van der Waals surface area contributed by atoms with Gasteiger partial charge in [0.1, 0.15) is 5.76 Å². The van der Waals surface area contributed by atoms with Crippen LogP contribution in [0.1, 0.15) is 18.2 Å². The minimum absolute atomic E-state index is 0.205. The zero-order valence-corrected chi connectivity index (χ0v) is 17.8. The van der Waals surface area contributed by atoms with Crippen molar-refractivity contribution < 1.29 is 18.7 Å². The lowest BCUT2D eigenvalue weighted by molar-refractivity contribution is 0.202. The van der Waals surface area contributed by atoms with Gasteiger partial charge in [0.05, 0.1) is 13.2 Å². The number of ether oxygens (including phenoxy) is 2. The number of carbonyl (C=O) groups excluding carboxylic acids is 1. The van der Waals surface area contributed by atoms with Gasteiger partial charge in [0.25, 0.3) is 0 Å². The number of aromatic nitrogens is 1. The van der Waals surface area contributed by atoms with E-state index in [1.54, 1.807) is 30.3 Å². The van der Waals surface area contributed by atoms with Crippen molar-refractivity contribution in [2.24, 2.45) is 0 Å². The highest BCUT2D eigenvalue weighted by Gasteiger charge is 2.11. The smallest absolute Gasteiger partial charge is 0.317 e. The Morgan fingerprint density at radius 2 is 1.97 bits per heavy atom. The van der Waals surface area contributed by atoms with Gasteiger partial charge in [-0.05, 0) is 52.7 Å². The fourth-order valence-electron chi connectivity index (χ4n) is 2.55. The van der Waals surface area contributed by atoms with Crippen molar-refractivity contribution >= 4 is 22.0 Å². The molecule has 0 atom stereocenters. The summed E-state index contributed by atoms with van der Waals surface area (Å²) in [6.07, 6.45) is 1.67. The van der Waals surface area contributed by atoms with Crippen LogP contribution in [0.3, 0.4) is 0 Å². The van der Waals surface area contributed by atoms with Crippen LogP contribution in [0.25, 0.3) is 0 Å². The Morgan fingerprint density at radius 3 is 2.62 bits per heavy atom. The second kappa shape index (κ2) is 9.97. The number of amides is 2. The molecule has 2 heterocycles. The quantitative estimate of drug-likeness (QED) is 0.514. The molecule has 1 aromatic carbocycles. The van der Waals surface area contributed by atoms with E-state index in [1.165, 1.54) is 0 Å². The number of rotatable bonds is 8. The maximum atomic E-state index is 12.2. The summed E-state index contributed by atoms with van der Waals surface area (Å²) in [6.45, 7) is 3.21. The first-order valence-electron chi connectivity index (χ1n) is 9.13. The van der Waals surface area contributed by atoms with E-state index in [-0.39, 0.29) is 6.03 Å². The van der Waals surface area contributed by atoms with Crippen molar-refractivity contribution in [1.29, 1.82) is 0 Å². The number of nitrogens with zero attached hydrogens (tertiary/aromatic N) is 2. The van der Waals surface area contributed by atoms with Gasteiger partial charge in [-0.2, -0.15) is 0 Å². The lowest BCUT2D eigenvalue weighted by Gasteiger charge is -2.16. The van der Waals surface area contributed by atoms with Crippen LogP contribution in [0.15, 0.2) is 63.8 Å². The molecule has 0 radical (unpaired) electrons. The van der Waals surface area contributed by atoms with Gasteiger partial charge in [-0.25, -0.2) is 9.78 Å². The summed E-state index contributed by atoms with van der Waals surface area (Å²) in [4.78, 5) is 18.1. The molecule has 3 aromatic rings. The fourth-order valence-corrected chi connectivity index (χ4v) is 2.89. The minimum atomic E-state index is -0.205. The summed E-state index contributed by atoms with van der Waals surface area (Å²) < 4.78 is 17.4. The number of hydrogen-bond acceptors (Lipinski definition) is 5. The first-order valence-corrected chi connectivity index (χ1v) is 9.92. The summed E-state index contributed by atoms with van der Waals surface area (Å²) in [5.41, 5.74) is 0.859. The average Bonchev–Trinajstić information content (AvgIpc) is 3.13. The van der Waals surface area contributed by atoms with Crippen molar-refractivity contribution in [3.05, 3.63) is 70.7 Å². The van der Waals surface area contributed by atoms with Crippen LogP contribution in [0.2, 0.25) is 0 Å². The van der Waals surface area contributed by atoms with Crippen molar-refractivity contribution in [2.75, 3.05) is 13.7 Å². The molecule has 1 N–H and O–H groups in total. The van der Waals surface area contributed by atoms with E-state index in [0.717, 1.165) is 5.56 Å². The van der Waals surface area contributed by atoms with Gasteiger partial charge in [0.15, 0.2) is 16.2 Å². The molecule has 0 unspecified atom stereocenters. The molecule has 29 heavy (non-hydrogen) atoms. The first-order chi connectivity index (χ1) is 14.0. The van der Waals surface area contributed by atoms with Crippen molar-refractivity contribution in [1.82, 2.24) is 15.2 Å². The average molecular weight is 460 g/mol. The largest absolute Gasteiger partial charge is 0.490 e. The van der Waals surface area contributed by atoms with Gasteiger partial charge in [0.2, 0.25) is 5.88 Å². The molecule has 0 aliphatic carbocycles. The summed E-state index contributed by atoms with van der Waals surface area (Å²) in [5, 5.41) is 2.85. The molecule has 0 aliphatic rings. The molecule has 2 aromatic heterocycles. The molecule has 7 nitrogen and oxygen atoms in total. The number of furan rings is 1. The van der Waals surface area contributed by atoms with Crippen LogP contribution in [-0.4, -0.2) is 29.6 Å². The zero-order chi connectivity index (χ0) is 20.6. The molecular formula is C21H22BrN3O4. The molecule has 0 saturated carbocycles. The van der Waals surface area contributed by atoms with Gasteiger partial charge in [-0.1, -0.05) is 18.2 Å². The summed E-state index contributed by atoms with van der Waals surface area (Å²) in [6, 6.07) is 14.5. The number of halogens is 1. The number of benzene rings is 1. The van der Waals surface area contributed by atoms with E-state index < -0.39 is 0 Å². The Bertz CT molecular complexity index is 943. The summed E-state index contributed by atoms with van der Waals surface area (Å²) in [5.74, 6) is 2.42. The topological polar surface area (TPSA) is 76.8 Å². The number of para-hydroxylation sites is 2. The molecule has 0 bridgehead atoms. The molecule has 2 amide bonds. The van der Waals surface area contributed by atoms with E-state index in [4.69, 9.17) is 13.9 Å². The number of carbonyl (C=O) groups is 1. The van der Waals surface area contributed by atoms with E-state index >= 15 is 0 Å². The van der Waals surface area contributed by atoms with Gasteiger partial charge < -0.3 is 24.1 Å². The Kier molecular flexibility index (Phi) is 7.13. The lowest BCUT2D eigenvalue weighted by Crippen LogP contribution is -2.36. The second-order valence-corrected chi connectivity index (χ2v) is 6.99. The van der Waals surface area contributed by atoms with Gasteiger partial charge in [0, 0.05) is 25.9 Å². The predicted octanol–water partition coefficient (Wildman–Crippen LogP) is 4.97. The number of nitrogens with one attached hydrogen (secondary N) is 1.